The fourth-order valence-corrected chi connectivity index (χ4v) is 2.67. The van der Waals surface area contributed by atoms with Crippen LogP contribution in [0.1, 0.15) is 33.6 Å². The highest BCUT2D eigenvalue weighted by Crippen LogP contribution is 2.29. The topological polar surface area (TPSA) is 87.8 Å². The van der Waals surface area contributed by atoms with Crippen molar-refractivity contribution in [3.63, 3.8) is 0 Å². The molecule has 1 aliphatic heterocycles. The van der Waals surface area contributed by atoms with E-state index in [1.54, 1.807) is 12.1 Å². The average Bonchev–Trinajstić information content (AvgIpc) is 2.47. The number of hydrogen-bond acceptors (Lipinski definition) is 5. The summed E-state index contributed by atoms with van der Waals surface area (Å²) in [6, 6.07) is 5.35. The molecule has 0 spiro atoms. The minimum absolute atomic E-state index is 0.121. The maximum Gasteiger partial charge on any atom is 0.407 e. The summed E-state index contributed by atoms with van der Waals surface area (Å²) in [4.78, 5) is 13.9. The number of hydrogen-bond donors (Lipinski definition) is 3. The Morgan fingerprint density at radius 2 is 2.04 bits per heavy atom. The van der Waals surface area contributed by atoms with Crippen molar-refractivity contribution in [3.8, 4) is 5.75 Å². The third-order valence-electron chi connectivity index (χ3n) is 3.93. The number of nitrogen functional groups attached to an aromatic ring is 1. The van der Waals surface area contributed by atoms with Gasteiger partial charge in [-0.3, -0.25) is 0 Å². The molecule has 1 heterocycles. The fourth-order valence-electron chi connectivity index (χ4n) is 2.67. The third kappa shape index (κ3) is 5.23. The largest absolute Gasteiger partial charge is 0.506 e. The van der Waals surface area contributed by atoms with E-state index in [9.17, 15) is 9.90 Å². The minimum Gasteiger partial charge on any atom is -0.506 e. The summed E-state index contributed by atoms with van der Waals surface area (Å²) in [6.45, 7) is 7.98. The number of piperidine rings is 1. The van der Waals surface area contributed by atoms with Crippen LogP contribution in [0.4, 0.5) is 16.2 Å². The van der Waals surface area contributed by atoms with Crippen molar-refractivity contribution in [1.29, 1.82) is 0 Å². The summed E-state index contributed by atoms with van der Waals surface area (Å²) in [5, 5.41) is 12.6. The van der Waals surface area contributed by atoms with Gasteiger partial charge in [0.1, 0.15) is 11.4 Å². The second kappa shape index (κ2) is 6.98. The standard InChI is InChI=1S/C17H27N3O3/c1-17(2,3)23-16(22)19-11-12-6-8-20(9-7-12)13-4-5-14(18)15(21)10-13/h4-5,10,12,21H,6-9,11,18H2,1-3H3,(H,19,22). The number of nitrogens with zero attached hydrogens (tertiary/aromatic N) is 1. The molecule has 6 heteroatoms. The molecule has 1 amide bonds. The summed E-state index contributed by atoms with van der Waals surface area (Å²) in [7, 11) is 0. The number of amides is 1. The molecule has 1 aromatic rings. The highest BCUT2D eigenvalue weighted by molar-refractivity contribution is 5.67. The van der Waals surface area contributed by atoms with E-state index in [1.165, 1.54) is 0 Å². The van der Waals surface area contributed by atoms with Gasteiger partial charge in [0.25, 0.3) is 0 Å². The van der Waals surface area contributed by atoms with Crippen LogP contribution in [0.25, 0.3) is 0 Å². The number of ether oxygens (including phenoxy) is 1. The summed E-state index contributed by atoms with van der Waals surface area (Å²) in [5.41, 5.74) is 6.54. The minimum atomic E-state index is -0.468. The first-order valence-corrected chi connectivity index (χ1v) is 8.05. The molecule has 1 saturated heterocycles. The number of carbonyl (C=O) groups excluding carboxylic acids is 1. The maximum atomic E-state index is 11.7. The molecule has 6 nitrogen and oxygen atoms in total. The molecular weight excluding hydrogens is 294 g/mol. The normalized spacial score (nSPS) is 16.2. The van der Waals surface area contributed by atoms with Crippen molar-refractivity contribution in [1.82, 2.24) is 5.32 Å². The molecule has 1 aromatic carbocycles. The molecule has 2 rings (SSSR count). The van der Waals surface area contributed by atoms with E-state index >= 15 is 0 Å². The Morgan fingerprint density at radius 1 is 1.39 bits per heavy atom. The lowest BCUT2D eigenvalue weighted by Gasteiger charge is -2.34. The number of phenolic OH excluding ortho intramolecular Hbond substituents is 1. The Labute approximate surface area is 137 Å². The Balaban J connectivity index is 1.77. The number of alkyl carbamates (subject to hydrolysis) is 1. The van der Waals surface area contributed by atoms with Crippen LogP contribution < -0.4 is 16.0 Å². The van der Waals surface area contributed by atoms with Gasteiger partial charge in [-0.25, -0.2) is 4.79 Å². The van der Waals surface area contributed by atoms with Crippen molar-refractivity contribution < 1.29 is 14.6 Å². The van der Waals surface area contributed by atoms with Crippen LogP contribution in [-0.2, 0) is 4.74 Å². The molecule has 128 valence electrons. The number of nitrogens with two attached hydrogens (primary N) is 1. The summed E-state index contributed by atoms with van der Waals surface area (Å²) in [5.74, 6) is 0.567. The average molecular weight is 321 g/mol. The monoisotopic (exact) mass is 321 g/mol. The van der Waals surface area contributed by atoms with Gasteiger partial charge >= 0.3 is 6.09 Å². The molecule has 0 bridgehead atoms. The van der Waals surface area contributed by atoms with Gasteiger partial charge in [0.2, 0.25) is 0 Å². The van der Waals surface area contributed by atoms with Gasteiger partial charge < -0.3 is 25.8 Å². The zero-order valence-electron chi connectivity index (χ0n) is 14.1. The Bertz CT molecular complexity index is 547. The van der Waals surface area contributed by atoms with Crippen LogP contribution in [0.3, 0.4) is 0 Å². The summed E-state index contributed by atoms with van der Waals surface area (Å²) >= 11 is 0. The number of anilines is 2. The van der Waals surface area contributed by atoms with E-state index in [0.717, 1.165) is 31.6 Å². The molecule has 0 saturated carbocycles. The Kier molecular flexibility index (Phi) is 5.23. The third-order valence-corrected chi connectivity index (χ3v) is 3.93. The summed E-state index contributed by atoms with van der Waals surface area (Å²) in [6.07, 6.45) is 1.62. The predicted octanol–water partition coefficient (Wildman–Crippen LogP) is 2.72. The molecular formula is C17H27N3O3. The molecule has 0 aliphatic carbocycles. The van der Waals surface area contributed by atoms with Crippen molar-refractivity contribution in [2.24, 2.45) is 5.92 Å². The van der Waals surface area contributed by atoms with Crippen LogP contribution in [0.15, 0.2) is 18.2 Å². The van der Waals surface area contributed by atoms with E-state index in [-0.39, 0.29) is 11.8 Å². The number of rotatable bonds is 3. The van der Waals surface area contributed by atoms with E-state index in [0.29, 0.717) is 18.2 Å². The van der Waals surface area contributed by atoms with Gasteiger partial charge in [-0.1, -0.05) is 0 Å². The number of nitrogens with one attached hydrogen (secondary N) is 1. The van der Waals surface area contributed by atoms with Crippen LogP contribution >= 0.6 is 0 Å². The number of carbonyl (C=O) groups is 1. The van der Waals surface area contributed by atoms with Gasteiger partial charge in [-0.2, -0.15) is 0 Å². The fraction of sp³-hybridized carbons (Fsp3) is 0.588. The first-order valence-electron chi connectivity index (χ1n) is 8.05. The maximum absolute atomic E-state index is 11.7. The molecule has 0 unspecified atom stereocenters. The van der Waals surface area contributed by atoms with Crippen molar-refractivity contribution >= 4 is 17.5 Å². The van der Waals surface area contributed by atoms with Crippen molar-refractivity contribution in [2.75, 3.05) is 30.3 Å². The first kappa shape index (κ1) is 17.2. The number of benzene rings is 1. The molecule has 0 aromatic heterocycles. The zero-order valence-corrected chi connectivity index (χ0v) is 14.1. The molecule has 23 heavy (non-hydrogen) atoms. The van der Waals surface area contributed by atoms with Gasteiger partial charge in [0.15, 0.2) is 0 Å². The lowest BCUT2D eigenvalue weighted by Crippen LogP contribution is -2.40. The van der Waals surface area contributed by atoms with Crippen LogP contribution in [0.5, 0.6) is 5.75 Å². The van der Waals surface area contributed by atoms with E-state index in [2.05, 4.69) is 10.2 Å². The predicted molar refractivity (Wildman–Crippen MR) is 91.7 cm³/mol. The van der Waals surface area contributed by atoms with E-state index in [1.807, 2.05) is 26.8 Å². The van der Waals surface area contributed by atoms with Gasteiger partial charge in [0.05, 0.1) is 5.69 Å². The van der Waals surface area contributed by atoms with E-state index in [4.69, 9.17) is 10.5 Å². The molecule has 1 aliphatic rings. The summed E-state index contributed by atoms with van der Waals surface area (Å²) < 4.78 is 5.24. The quantitative estimate of drug-likeness (QED) is 0.588. The SMILES string of the molecule is CC(C)(C)OC(=O)NCC1CCN(c2ccc(N)c(O)c2)CC1. The van der Waals surface area contributed by atoms with Crippen molar-refractivity contribution in [3.05, 3.63) is 18.2 Å². The Hall–Kier alpha value is -2.11. The van der Waals surface area contributed by atoms with Crippen LogP contribution in [0, 0.1) is 5.92 Å². The molecule has 0 radical (unpaired) electrons. The lowest BCUT2D eigenvalue weighted by atomic mass is 9.96. The van der Waals surface area contributed by atoms with E-state index < -0.39 is 5.60 Å². The van der Waals surface area contributed by atoms with Gasteiger partial charge in [0, 0.05) is 31.4 Å². The second-order valence-corrected chi connectivity index (χ2v) is 7.06. The molecule has 0 atom stereocenters. The smallest absolute Gasteiger partial charge is 0.407 e. The zero-order chi connectivity index (χ0) is 17.0. The first-order chi connectivity index (χ1) is 10.7. The van der Waals surface area contributed by atoms with Gasteiger partial charge in [-0.15, -0.1) is 0 Å². The lowest BCUT2D eigenvalue weighted by molar-refractivity contribution is 0.0517. The number of aromatic hydroxyl groups is 1. The van der Waals surface area contributed by atoms with Crippen molar-refractivity contribution in [2.45, 2.75) is 39.2 Å². The highest BCUT2D eigenvalue weighted by atomic mass is 16.6. The van der Waals surface area contributed by atoms with Gasteiger partial charge in [-0.05, 0) is 51.7 Å². The van der Waals surface area contributed by atoms with Crippen LogP contribution in [0.2, 0.25) is 0 Å². The second-order valence-electron chi connectivity index (χ2n) is 7.06. The highest BCUT2D eigenvalue weighted by Gasteiger charge is 2.22. The molecule has 4 N–H and O–H groups in total. The molecule has 1 fully saturated rings. The Morgan fingerprint density at radius 3 is 2.61 bits per heavy atom. The number of phenols is 1. The van der Waals surface area contributed by atoms with Crippen LogP contribution in [-0.4, -0.2) is 36.4 Å².